The van der Waals surface area contributed by atoms with Gasteiger partial charge in [-0.25, -0.2) is 0 Å². The Balaban J connectivity index is 2.78. The normalized spacial score (nSPS) is 26.1. The third-order valence-corrected chi connectivity index (χ3v) is 4.04. The predicted octanol–water partition coefficient (Wildman–Crippen LogP) is 1.89. The number of amides is 1. The molecule has 0 aromatic rings. The molecule has 1 amide bonds. The SMILES string of the molecule is CCC1CN(C(=O)C(C)(CC)OC)CCC1=NO. The highest BCUT2D eigenvalue weighted by Crippen LogP contribution is 2.23. The molecule has 0 spiro atoms. The van der Waals surface area contributed by atoms with Gasteiger partial charge in [-0.3, -0.25) is 4.79 Å². The molecule has 0 radical (unpaired) electrons. The van der Waals surface area contributed by atoms with Crippen molar-refractivity contribution in [1.29, 1.82) is 0 Å². The maximum Gasteiger partial charge on any atom is 0.254 e. The van der Waals surface area contributed by atoms with Crippen molar-refractivity contribution in [1.82, 2.24) is 4.90 Å². The first-order valence-electron chi connectivity index (χ1n) is 6.57. The van der Waals surface area contributed by atoms with Gasteiger partial charge in [-0.2, -0.15) is 0 Å². The molecule has 0 aromatic carbocycles. The lowest BCUT2D eigenvalue weighted by atomic mass is 9.91. The van der Waals surface area contributed by atoms with Crippen LogP contribution in [0.25, 0.3) is 0 Å². The van der Waals surface area contributed by atoms with Crippen molar-refractivity contribution in [3.05, 3.63) is 0 Å². The van der Waals surface area contributed by atoms with Crippen LogP contribution in [-0.2, 0) is 9.53 Å². The first kappa shape index (κ1) is 15.0. The maximum atomic E-state index is 12.4. The van der Waals surface area contributed by atoms with Crippen LogP contribution < -0.4 is 0 Å². The number of nitrogens with zero attached hydrogens (tertiary/aromatic N) is 2. The third-order valence-electron chi connectivity index (χ3n) is 4.04. The van der Waals surface area contributed by atoms with E-state index in [-0.39, 0.29) is 11.8 Å². The van der Waals surface area contributed by atoms with E-state index in [2.05, 4.69) is 5.16 Å². The Morgan fingerprint density at radius 1 is 1.61 bits per heavy atom. The van der Waals surface area contributed by atoms with E-state index in [9.17, 15) is 4.79 Å². The molecule has 104 valence electrons. The minimum Gasteiger partial charge on any atom is -0.411 e. The fourth-order valence-corrected chi connectivity index (χ4v) is 2.31. The van der Waals surface area contributed by atoms with Crippen LogP contribution in [0.15, 0.2) is 5.16 Å². The van der Waals surface area contributed by atoms with E-state index >= 15 is 0 Å². The Bertz CT molecular complexity index is 324. The predicted molar refractivity (Wildman–Crippen MR) is 69.9 cm³/mol. The van der Waals surface area contributed by atoms with E-state index in [4.69, 9.17) is 9.94 Å². The molecule has 0 aliphatic carbocycles. The Morgan fingerprint density at radius 3 is 2.72 bits per heavy atom. The highest BCUT2D eigenvalue weighted by molar-refractivity contribution is 5.91. The van der Waals surface area contributed by atoms with E-state index in [0.717, 1.165) is 12.1 Å². The molecule has 1 heterocycles. The largest absolute Gasteiger partial charge is 0.411 e. The highest BCUT2D eigenvalue weighted by Gasteiger charge is 2.38. The van der Waals surface area contributed by atoms with Crippen LogP contribution in [0, 0.1) is 5.92 Å². The van der Waals surface area contributed by atoms with Crippen LogP contribution >= 0.6 is 0 Å². The Hall–Kier alpha value is -1.10. The van der Waals surface area contributed by atoms with E-state index in [0.29, 0.717) is 25.9 Å². The number of rotatable bonds is 4. The zero-order valence-electron chi connectivity index (χ0n) is 11.8. The van der Waals surface area contributed by atoms with Crippen molar-refractivity contribution >= 4 is 11.6 Å². The summed E-state index contributed by atoms with van der Waals surface area (Å²) in [5.41, 5.74) is 0.0590. The summed E-state index contributed by atoms with van der Waals surface area (Å²) >= 11 is 0. The number of likely N-dealkylation sites (tertiary alicyclic amines) is 1. The third kappa shape index (κ3) is 2.83. The Labute approximate surface area is 109 Å². The van der Waals surface area contributed by atoms with Crippen molar-refractivity contribution in [2.75, 3.05) is 20.2 Å². The second-order valence-corrected chi connectivity index (χ2v) is 4.99. The van der Waals surface area contributed by atoms with Crippen LogP contribution in [0.4, 0.5) is 0 Å². The van der Waals surface area contributed by atoms with E-state index in [1.807, 2.05) is 25.7 Å². The topological polar surface area (TPSA) is 62.1 Å². The van der Waals surface area contributed by atoms with Gasteiger partial charge < -0.3 is 14.8 Å². The second-order valence-electron chi connectivity index (χ2n) is 4.99. The lowest BCUT2D eigenvalue weighted by Gasteiger charge is -2.38. The van der Waals surface area contributed by atoms with Gasteiger partial charge in [-0.05, 0) is 19.8 Å². The molecule has 0 aromatic heterocycles. The minimum atomic E-state index is -0.744. The zero-order chi connectivity index (χ0) is 13.8. The summed E-state index contributed by atoms with van der Waals surface area (Å²) in [5.74, 6) is 0.189. The number of carbonyl (C=O) groups excluding carboxylic acids is 1. The number of oxime groups is 1. The van der Waals surface area contributed by atoms with Gasteiger partial charge in [0.2, 0.25) is 0 Å². The molecule has 1 N–H and O–H groups in total. The van der Waals surface area contributed by atoms with Crippen LogP contribution in [-0.4, -0.2) is 47.5 Å². The van der Waals surface area contributed by atoms with Gasteiger partial charge in [0.15, 0.2) is 0 Å². The molecule has 1 saturated heterocycles. The summed E-state index contributed by atoms with van der Waals surface area (Å²) in [5, 5.41) is 12.3. The summed E-state index contributed by atoms with van der Waals surface area (Å²) in [7, 11) is 1.57. The van der Waals surface area contributed by atoms with Crippen LogP contribution in [0.2, 0.25) is 0 Å². The molecule has 5 heteroatoms. The van der Waals surface area contributed by atoms with E-state index < -0.39 is 5.60 Å². The van der Waals surface area contributed by atoms with Crippen molar-refractivity contribution < 1.29 is 14.7 Å². The van der Waals surface area contributed by atoms with Crippen LogP contribution in [0.3, 0.4) is 0 Å². The Morgan fingerprint density at radius 2 is 2.28 bits per heavy atom. The van der Waals surface area contributed by atoms with E-state index in [1.54, 1.807) is 7.11 Å². The van der Waals surface area contributed by atoms with Crippen molar-refractivity contribution in [2.45, 2.75) is 45.6 Å². The molecular weight excluding hydrogens is 232 g/mol. The second kappa shape index (κ2) is 6.18. The molecule has 5 nitrogen and oxygen atoms in total. The lowest BCUT2D eigenvalue weighted by Crippen LogP contribution is -2.53. The first-order valence-corrected chi connectivity index (χ1v) is 6.57. The van der Waals surface area contributed by atoms with Crippen molar-refractivity contribution in [3.8, 4) is 0 Å². The quantitative estimate of drug-likeness (QED) is 0.617. The average molecular weight is 256 g/mol. The van der Waals surface area contributed by atoms with Crippen LogP contribution in [0.1, 0.15) is 40.0 Å². The standard InChI is InChI=1S/C13H24N2O3/c1-5-10-9-15(8-7-11(10)14-17)12(16)13(3,6-2)18-4/h10,17H,5-9H2,1-4H3. The molecular formula is C13H24N2O3. The smallest absolute Gasteiger partial charge is 0.254 e. The molecule has 0 saturated carbocycles. The Kier molecular flexibility index (Phi) is 5.14. The summed E-state index contributed by atoms with van der Waals surface area (Å²) in [6.07, 6.45) is 2.17. The summed E-state index contributed by atoms with van der Waals surface area (Å²) in [6.45, 7) is 7.04. The molecule has 1 fully saturated rings. The fraction of sp³-hybridized carbons (Fsp3) is 0.846. The van der Waals surface area contributed by atoms with Gasteiger partial charge in [-0.15, -0.1) is 0 Å². The monoisotopic (exact) mass is 256 g/mol. The summed E-state index contributed by atoms with van der Waals surface area (Å²) < 4.78 is 5.35. The molecule has 18 heavy (non-hydrogen) atoms. The summed E-state index contributed by atoms with van der Waals surface area (Å²) in [4.78, 5) is 14.3. The average Bonchev–Trinajstić information content (AvgIpc) is 2.44. The number of carbonyl (C=O) groups is 1. The van der Waals surface area contributed by atoms with Crippen LogP contribution in [0.5, 0.6) is 0 Å². The van der Waals surface area contributed by atoms with Gasteiger partial charge in [0.25, 0.3) is 5.91 Å². The first-order chi connectivity index (χ1) is 8.52. The number of hydrogen-bond acceptors (Lipinski definition) is 4. The van der Waals surface area contributed by atoms with Gasteiger partial charge in [-0.1, -0.05) is 19.0 Å². The number of ether oxygens (including phenoxy) is 1. The fourth-order valence-electron chi connectivity index (χ4n) is 2.31. The molecule has 2 atom stereocenters. The molecule has 0 bridgehead atoms. The summed E-state index contributed by atoms with van der Waals surface area (Å²) in [6, 6.07) is 0. The molecule has 1 aliphatic heterocycles. The molecule has 1 aliphatic rings. The molecule has 2 unspecified atom stereocenters. The highest BCUT2D eigenvalue weighted by atomic mass is 16.5. The number of piperidine rings is 1. The van der Waals surface area contributed by atoms with Gasteiger partial charge in [0, 0.05) is 32.5 Å². The number of hydrogen-bond donors (Lipinski definition) is 1. The lowest BCUT2D eigenvalue weighted by molar-refractivity contribution is -0.154. The van der Waals surface area contributed by atoms with Gasteiger partial charge in [0.1, 0.15) is 5.60 Å². The number of methoxy groups -OCH3 is 1. The zero-order valence-corrected chi connectivity index (χ0v) is 11.8. The maximum absolute atomic E-state index is 12.4. The van der Waals surface area contributed by atoms with Crippen molar-refractivity contribution in [3.63, 3.8) is 0 Å². The molecule has 1 rings (SSSR count). The van der Waals surface area contributed by atoms with Crippen molar-refractivity contribution in [2.24, 2.45) is 11.1 Å². The van der Waals surface area contributed by atoms with Gasteiger partial charge >= 0.3 is 0 Å². The van der Waals surface area contributed by atoms with Gasteiger partial charge in [0.05, 0.1) is 5.71 Å². The minimum absolute atomic E-state index is 0.0305. The van der Waals surface area contributed by atoms with E-state index in [1.165, 1.54) is 0 Å².